The van der Waals surface area contributed by atoms with Gasteiger partial charge in [-0.25, -0.2) is 0 Å². The van der Waals surface area contributed by atoms with Crippen molar-refractivity contribution in [1.29, 1.82) is 0 Å². The smallest absolute Gasteiger partial charge is 0.143 e. The topological polar surface area (TPSA) is 50.9 Å². The minimum absolute atomic E-state index is 0.0948. The first-order valence-electron chi connectivity index (χ1n) is 5.47. The molecule has 4 nitrogen and oxygen atoms in total. The van der Waals surface area contributed by atoms with Crippen LogP contribution in [0.25, 0.3) is 16.7 Å². The van der Waals surface area contributed by atoms with Crippen LogP contribution in [0.15, 0.2) is 36.4 Å². The van der Waals surface area contributed by atoms with Crippen molar-refractivity contribution in [1.82, 2.24) is 15.0 Å². The van der Waals surface area contributed by atoms with Crippen LogP contribution in [0.4, 0.5) is 0 Å². The van der Waals surface area contributed by atoms with Gasteiger partial charge in [-0.1, -0.05) is 23.7 Å². The van der Waals surface area contributed by atoms with Crippen LogP contribution >= 0.6 is 11.6 Å². The summed E-state index contributed by atoms with van der Waals surface area (Å²) < 4.78 is 0. The Balaban J connectivity index is 2.26. The molecule has 0 fully saturated rings. The van der Waals surface area contributed by atoms with Crippen molar-refractivity contribution in [2.75, 3.05) is 0 Å². The Bertz CT molecular complexity index is 736. The number of rotatable bonds is 1. The van der Waals surface area contributed by atoms with Gasteiger partial charge in [0.2, 0.25) is 0 Å². The van der Waals surface area contributed by atoms with E-state index in [1.165, 1.54) is 10.9 Å². The van der Waals surface area contributed by atoms with Gasteiger partial charge in [0.1, 0.15) is 22.5 Å². The molecule has 3 rings (SSSR count). The van der Waals surface area contributed by atoms with Crippen LogP contribution in [-0.2, 0) is 0 Å². The SMILES string of the molecule is Cc1cccc2nn(-c3cc(Cl)ccc3O)nc12. The van der Waals surface area contributed by atoms with E-state index in [0.29, 0.717) is 10.7 Å². The van der Waals surface area contributed by atoms with Gasteiger partial charge >= 0.3 is 0 Å². The number of hydrogen-bond acceptors (Lipinski definition) is 3. The van der Waals surface area contributed by atoms with Crippen molar-refractivity contribution >= 4 is 22.6 Å². The average molecular weight is 260 g/mol. The van der Waals surface area contributed by atoms with Gasteiger partial charge in [-0.2, -0.15) is 0 Å². The third kappa shape index (κ3) is 1.71. The molecule has 1 N–H and O–H groups in total. The normalized spacial score (nSPS) is 11.0. The Morgan fingerprint density at radius 3 is 2.78 bits per heavy atom. The van der Waals surface area contributed by atoms with E-state index in [9.17, 15) is 5.11 Å². The standard InChI is InChI=1S/C13H10ClN3O/c1-8-3-2-4-10-13(8)16-17(15-10)11-7-9(14)5-6-12(11)18/h2-7,18H,1H3. The van der Waals surface area contributed by atoms with E-state index in [2.05, 4.69) is 10.2 Å². The number of aromatic hydroxyl groups is 1. The highest BCUT2D eigenvalue weighted by Crippen LogP contribution is 2.25. The molecule has 2 aromatic carbocycles. The highest BCUT2D eigenvalue weighted by molar-refractivity contribution is 6.30. The number of hydrogen-bond donors (Lipinski definition) is 1. The van der Waals surface area contributed by atoms with E-state index >= 15 is 0 Å². The molecular weight excluding hydrogens is 250 g/mol. The van der Waals surface area contributed by atoms with E-state index in [4.69, 9.17) is 11.6 Å². The molecule has 0 aliphatic rings. The summed E-state index contributed by atoms with van der Waals surface area (Å²) in [6.07, 6.45) is 0. The molecule has 1 heterocycles. The molecule has 90 valence electrons. The summed E-state index contributed by atoms with van der Waals surface area (Å²) in [4.78, 5) is 1.40. The molecule has 0 saturated carbocycles. The lowest BCUT2D eigenvalue weighted by Gasteiger charge is -2.02. The Morgan fingerprint density at radius 1 is 1.17 bits per heavy atom. The van der Waals surface area contributed by atoms with Gasteiger partial charge in [0.25, 0.3) is 0 Å². The van der Waals surface area contributed by atoms with Crippen LogP contribution in [0.3, 0.4) is 0 Å². The first kappa shape index (κ1) is 11.0. The minimum Gasteiger partial charge on any atom is -0.506 e. The number of nitrogens with zero attached hydrogens (tertiary/aromatic N) is 3. The monoisotopic (exact) mass is 259 g/mol. The quantitative estimate of drug-likeness (QED) is 0.731. The summed E-state index contributed by atoms with van der Waals surface area (Å²) in [7, 11) is 0. The Kier molecular flexibility index (Phi) is 2.45. The molecule has 1 aromatic heterocycles. The van der Waals surface area contributed by atoms with E-state index < -0.39 is 0 Å². The molecule has 0 atom stereocenters. The van der Waals surface area contributed by atoms with Crippen molar-refractivity contribution < 1.29 is 5.11 Å². The highest BCUT2D eigenvalue weighted by atomic mass is 35.5. The minimum atomic E-state index is 0.0948. The molecule has 0 aliphatic carbocycles. The predicted octanol–water partition coefficient (Wildman–Crippen LogP) is 3.09. The fraction of sp³-hybridized carbons (Fsp3) is 0.0769. The third-order valence-corrected chi connectivity index (χ3v) is 3.00. The second kappa shape index (κ2) is 3.99. The number of aromatic nitrogens is 3. The zero-order chi connectivity index (χ0) is 12.7. The van der Waals surface area contributed by atoms with Crippen LogP contribution in [0.5, 0.6) is 5.75 Å². The van der Waals surface area contributed by atoms with Gasteiger partial charge < -0.3 is 5.11 Å². The van der Waals surface area contributed by atoms with Crippen molar-refractivity contribution in [2.45, 2.75) is 6.92 Å². The van der Waals surface area contributed by atoms with E-state index in [0.717, 1.165) is 16.6 Å². The molecule has 0 amide bonds. The maximum Gasteiger partial charge on any atom is 0.143 e. The number of benzene rings is 2. The first-order chi connectivity index (χ1) is 8.65. The van der Waals surface area contributed by atoms with Gasteiger partial charge in [0.05, 0.1) is 0 Å². The summed E-state index contributed by atoms with van der Waals surface area (Å²) in [5.41, 5.74) is 3.12. The lowest BCUT2D eigenvalue weighted by Crippen LogP contribution is -1.98. The Hall–Kier alpha value is -2.07. The zero-order valence-corrected chi connectivity index (χ0v) is 10.4. The van der Waals surface area contributed by atoms with Gasteiger partial charge in [0, 0.05) is 5.02 Å². The van der Waals surface area contributed by atoms with E-state index in [1.807, 2.05) is 25.1 Å². The van der Waals surface area contributed by atoms with Crippen molar-refractivity contribution in [3.8, 4) is 11.4 Å². The summed E-state index contributed by atoms with van der Waals surface area (Å²) in [5.74, 6) is 0.0948. The fourth-order valence-corrected chi connectivity index (χ4v) is 2.00. The zero-order valence-electron chi connectivity index (χ0n) is 9.63. The van der Waals surface area contributed by atoms with Gasteiger partial charge in [-0.15, -0.1) is 15.0 Å². The molecule has 3 aromatic rings. The second-order valence-electron chi connectivity index (χ2n) is 4.07. The van der Waals surface area contributed by atoms with Gasteiger partial charge in [-0.05, 0) is 36.8 Å². The van der Waals surface area contributed by atoms with Crippen LogP contribution < -0.4 is 0 Å². The Labute approximate surface area is 108 Å². The molecule has 0 bridgehead atoms. The number of halogens is 1. The van der Waals surface area contributed by atoms with Crippen LogP contribution in [-0.4, -0.2) is 20.1 Å². The molecule has 0 spiro atoms. The van der Waals surface area contributed by atoms with E-state index in [-0.39, 0.29) is 5.75 Å². The number of phenolic OH excluding ortho intramolecular Hbond substituents is 1. The number of phenols is 1. The molecular formula is C13H10ClN3O. The van der Waals surface area contributed by atoms with Crippen LogP contribution in [0, 0.1) is 6.92 Å². The van der Waals surface area contributed by atoms with E-state index in [1.54, 1.807) is 12.1 Å². The van der Waals surface area contributed by atoms with Gasteiger partial charge in [-0.3, -0.25) is 0 Å². The summed E-state index contributed by atoms with van der Waals surface area (Å²) in [6.45, 7) is 1.97. The summed E-state index contributed by atoms with van der Waals surface area (Å²) >= 11 is 5.92. The molecule has 18 heavy (non-hydrogen) atoms. The maximum absolute atomic E-state index is 9.82. The maximum atomic E-state index is 9.82. The molecule has 0 radical (unpaired) electrons. The van der Waals surface area contributed by atoms with Crippen LogP contribution in [0.2, 0.25) is 5.02 Å². The largest absolute Gasteiger partial charge is 0.506 e. The molecule has 0 saturated heterocycles. The van der Waals surface area contributed by atoms with Crippen molar-refractivity contribution in [3.63, 3.8) is 0 Å². The fourth-order valence-electron chi connectivity index (χ4n) is 1.84. The van der Waals surface area contributed by atoms with Crippen molar-refractivity contribution in [2.24, 2.45) is 0 Å². The lowest BCUT2D eigenvalue weighted by atomic mass is 10.2. The molecule has 0 unspecified atom stereocenters. The van der Waals surface area contributed by atoms with Crippen LogP contribution in [0.1, 0.15) is 5.56 Å². The number of fused-ring (bicyclic) bond motifs is 1. The third-order valence-electron chi connectivity index (χ3n) is 2.77. The summed E-state index contributed by atoms with van der Waals surface area (Å²) in [5, 5.41) is 19.1. The molecule has 0 aliphatic heterocycles. The average Bonchev–Trinajstić information content (AvgIpc) is 2.77. The Morgan fingerprint density at radius 2 is 2.00 bits per heavy atom. The number of aryl methyl sites for hydroxylation is 1. The first-order valence-corrected chi connectivity index (χ1v) is 5.84. The predicted molar refractivity (Wildman–Crippen MR) is 70.3 cm³/mol. The molecule has 5 heteroatoms. The van der Waals surface area contributed by atoms with Gasteiger partial charge in [0.15, 0.2) is 0 Å². The highest BCUT2D eigenvalue weighted by Gasteiger charge is 2.10. The van der Waals surface area contributed by atoms with Crippen molar-refractivity contribution in [3.05, 3.63) is 47.0 Å². The summed E-state index contributed by atoms with van der Waals surface area (Å²) in [6, 6.07) is 10.6. The second-order valence-corrected chi connectivity index (χ2v) is 4.50. The lowest BCUT2D eigenvalue weighted by molar-refractivity contribution is 0.468.